The fourth-order valence-electron chi connectivity index (χ4n) is 2.00. The molecule has 0 unspecified atom stereocenters. The van der Waals surface area contributed by atoms with Gasteiger partial charge in [-0.2, -0.15) is 57.1 Å². The number of benzene rings is 1. The Morgan fingerprint density at radius 1 is 0.586 bits per heavy atom. The van der Waals surface area contributed by atoms with E-state index in [0.717, 1.165) is 13.2 Å². The first-order valence-electron chi connectivity index (χ1n) is 6.92. The average Bonchev–Trinajstić information content (AvgIpc) is 2.59. The van der Waals surface area contributed by atoms with Gasteiger partial charge in [-0.05, 0) is 18.2 Å². The lowest BCUT2D eigenvalue weighted by molar-refractivity contribution is -0.441. The van der Waals surface area contributed by atoms with Crippen LogP contribution in [0.15, 0.2) is 18.2 Å². The highest BCUT2D eigenvalue weighted by atomic mass is 19.4. The molecule has 0 fully saturated rings. The third-order valence-corrected chi connectivity index (χ3v) is 3.68. The Kier molecular flexibility index (Phi) is 6.03. The molecule has 0 amide bonds. The van der Waals surface area contributed by atoms with Gasteiger partial charge in [-0.1, -0.05) is 0 Å². The molecule has 0 saturated carbocycles. The molecule has 2 nitrogen and oxygen atoms in total. The number of hydrogen-bond donors (Lipinski definition) is 0. The molecule has 0 radical (unpaired) electrons. The number of ether oxygens (including phenoxy) is 2. The van der Waals surface area contributed by atoms with Gasteiger partial charge in [0.2, 0.25) is 0 Å². The zero-order valence-electron chi connectivity index (χ0n) is 14.0. The van der Waals surface area contributed by atoms with Crippen LogP contribution in [0, 0.1) is 0 Å². The van der Waals surface area contributed by atoms with Gasteiger partial charge >= 0.3 is 35.8 Å². The van der Waals surface area contributed by atoms with Crippen molar-refractivity contribution >= 4 is 0 Å². The van der Waals surface area contributed by atoms with Gasteiger partial charge in [0.15, 0.2) is 0 Å². The summed E-state index contributed by atoms with van der Waals surface area (Å²) < 4.78 is 180. The Balaban J connectivity index is 3.72. The molecule has 1 aromatic carbocycles. The van der Waals surface area contributed by atoms with Gasteiger partial charge in [0.1, 0.15) is 11.5 Å². The number of alkyl halides is 13. The average molecular weight is 456 g/mol. The van der Waals surface area contributed by atoms with Gasteiger partial charge in [-0.25, -0.2) is 0 Å². The smallest absolute Gasteiger partial charge is 0.460 e. The summed E-state index contributed by atoms with van der Waals surface area (Å²) in [6.07, 6.45) is -7.46. The monoisotopic (exact) mass is 456 g/mol. The summed E-state index contributed by atoms with van der Waals surface area (Å²) in [5.74, 6) is -39.5. The van der Waals surface area contributed by atoms with Crippen LogP contribution in [-0.2, 0) is 5.92 Å². The molecule has 0 aliphatic carbocycles. The Morgan fingerprint density at radius 2 is 1.03 bits per heavy atom. The largest absolute Gasteiger partial charge is 0.497 e. The molecule has 15 heteroatoms. The van der Waals surface area contributed by atoms with Crippen LogP contribution in [0.2, 0.25) is 0 Å². The van der Waals surface area contributed by atoms with E-state index < -0.39 is 52.9 Å². The third-order valence-electron chi connectivity index (χ3n) is 3.68. The van der Waals surface area contributed by atoms with Gasteiger partial charge < -0.3 is 9.47 Å². The van der Waals surface area contributed by atoms with Gasteiger partial charge in [-0.3, -0.25) is 0 Å². The van der Waals surface area contributed by atoms with Crippen molar-refractivity contribution in [3.05, 3.63) is 23.8 Å². The molecular formula is C14H9F13O2. The lowest BCUT2D eigenvalue weighted by Crippen LogP contribution is -2.69. The van der Waals surface area contributed by atoms with Crippen molar-refractivity contribution in [2.75, 3.05) is 14.2 Å². The molecular weight excluding hydrogens is 447 g/mol. The molecule has 1 aromatic rings. The SMILES string of the molecule is COc1ccc(OC)c(C(F)(F)C(F)(F)C(F)(F)C(F)(F)C(F)(F)C(F)(F)F)c1. The van der Waals surface area contributed by atoms with Crippen LogP contribution < -0.4 is 9.47 Å². The van der Waals surface area contributed by atoms with Crippen molar-refractivity contribution in [1.82, 2.24) is 0 Å². The molecule has 0 saturated heterocycles. The van der Waals surface area contributed by atoms with Crippen molar-refractivity contribution in [3.8, 4) is 11.5 Å². The molecule has 0 spiro atoms. The highest BCUT2D eigenvalue weighted by Crippen LogP contribution is 2.62. The second-order valence-corrected chi connectivity index (χ2v) is 5.44. The summed E-state index contributed by atoms with van der Waals surface area (Å²) in [5.41, 5.74) is -2.23. The predicted molar refractivity (Wildman–Crippen MR) is 69.3 cm³/mol. The van der Waals surface area contributed by atoms with Crippen LogP contribution in [0.4, 0.5) is 57.1 Å². The maximum absolute atomic E-state index is 14.2. The van der Waals surface area contributed by atoms with E-state index in [2.05, 4.69) is 9.47 Å². The first-order chi connectivity index (χ1) is 12.7. The van der Waals surface area contributed by atoms with E-state index in [1.54, 1.807) is 0 Å². The Bertz CT molecular complexity index is 740. The van der Waals surface area contributed by atoms with Crippen LogP contribution in [0.1, 0.15) is 5.56 Å². The topological polar surface area (TPSA) is 18.5 Å². The van der Waals surface area contributed by atoms with E-state index in [-0.39, 0.29) is 6.07 Å². The summed E-state index contributed by atoms with van der Waals surface area (Å²) in [7, 11) is 1.37. The van der Waals surface area contributed by atoms with Gasteiger partial charge in [0.25, 0.3) is 0 Å². The summed E-state index contributed by atoms with van der Waals surface area (Å²) >= 11 is 0. The van der Waals surface area contributed by atoms with Crippen LogP contribution in [0.25, 0.3) is 0 Å². The van der Waals surface area contributed by atoms with Crippen LogP contribution in [0.3, 0.4) is 0 Å². The van der Waals surface area contributed by atoms with Gasteiger partial charge in [0.05, 0.1) is 19.8 Å². The number of methoxy groups -OCH3 is 2. The molecule has 0 aliphatic rings. The fourth-order valence-corrected chi connectivity index (χ4v) is 2.00. The summed E-state index contributed by atoms with van der Waals surface area (Å²) in [6.45, 7) is 0. The van der Waals surface area contributed by atoms with E-state index in [1.807, 2.05) is 0 Å². The summed E-state index contributed by atoms with van der Waals surface area (Å²) in [5, 5.41) is 0. The van der Waals surface area contributed by atoms with Crippen molar-refractivity contribution in [3.63, 3.8) is 0 Å². The van der Waals surface area contributed by atoms with E-state index >= 15 is 0 Å². The first kappa shape index (κ1) is 24.9. The lowest BCUT2D eigenvalue weighted by atomic mass is 9.90. The maximum atomic E-state index is 14.2. The zero-order valence-corrected chi connectivity index (χ0v) is 14.0. The fraction of sp³-hybridized carbons (Fsp3) is 0.571. The highest BCUT2D eigenvalue weighted by Gasteiger charge is 2.91. The highest BCUT2D eigenvalue weighted by molar-refractivity contribution is 5.44. The second kappa shape index (κ2) is 7.00. The molecule has 0 bridgehead atoms. The van der Waals surface area contributed by atoms with E-state index in [9.17, 15) is 57.1 Å². The van der Waals surface area contributed by atoms with Crippen LogP contribution >= 0.6 is 0 Å². The molecule has 0 aromatic heterocycles. The van der Waals surface area contributed by atoms with Crippen LogP contribution in [0.5, 0.6) is 11.5 Å². The number of halogens is 13. The standard InChI is InChI=1S/C14H9F13O2/c1-28-6-3-4-8(29-2)7(5-6)9(15,16)10(17,18)11(19,20)12(21,22)13(23,24)14(25,26)27/h3-5H,1-2H3. The Morgan fingerprint density at radius 3 is 1.41 bits per heavy atom. The maximum Gasteiger partial charge on any atom is 0.460 e. The third kappa shape index (κ3) is 3.41. The minimum atomic E-state index is -7.96. The quantitative estimate of drug-likeness (QED) is 0.476. The minimum absolute atomic E-state index is 0.0666. The van der Waals surface area contributed by atoms with Crippen molar-refractivity contribution in [2.24, 2.45) is 0 Å². The number of hydrogen-bond acceptors (Lipinski definition) is 2. The van der Waals surface area contributed by atoms with Gasteiger partial charge in [-0.15, -0.1) is 0 Å². The van der Waals surface area contributed by atoms with E-state index in [4.69, 9.17) is 0 Å². The minimum Gasteiger partial charge on any atom is -0.497 e. The molecule has 1 rings (SSSR count). The van der Waals surface area contributed by atoms with Gasteiger partial charge in [0, 0.05) is 0 Å². The molecule has 29 heavy (non-hydrogen) atoms. The van der Waals surface area contributed by atoms with E-state index in [0.29, 0.717) is 13.2 Å². The Labute approximate surface area is 153 Å². The van der Waals surface area contributed by atoms with Crippen molar-refractivity contribution < 1.29 is 66.5 Å². The molecule has 168 valence electrons. The summed E-state index contributed by atoms with van der Waals surface area (Å²) in [6, 6.07) is 1.18. The van der Waals surface area contributed by atoms with Crippen LogP contribution in [-0.4, -0.2) is 44.1 Å². The normalized spacial score (nSPS) is 14.7. The van der Waals surface area contributed by atoms with Crippen molar-refractivity contribution in [2.45, 2.75) is 35.8 Å². The summed E-state index contributed by atoms with van der Waals surface area (Å²) in [4.78, 5) is 0. The molecule has 0 aliphatic heterocycles. The Hall–Kier alpha value is -2.09. The predicted octanol–water partition coefficient (Wildman–Crippen LogP) is 5.90. The number of rotatable bonds is 7. The molecule has 0 heterocycles. The molecule has 0 atom stereocenters. The second-order valence-electron chi connectivity index (χ2n) is 5.44. The first-order valence-corrected chi connectivity index (χ1v) is 6.92. The van der Waals surface area contributed by atoms with E-state index in [1.165, 1.54) is 0 Å². The molecule has 0 N–H and O–H groups in total. The van der Waals surface area contributed by atoms with Crippen molar-refractivity contribution in [1.29, 1.82) is 0 Å². The zero-order chi connectivity index (χ0) is 23.3. The lowest BCUT2D eigenvalue weighted by Gasteiger charge is -2.40.